The number of ether oxygens (including phenoxy) is 1. The Bertz CT molecular complexity index is 728. The maximum absolute atomic E-state index is 12.2. The number of carbonyl (C=O) groups is 2. The zero-order valence-electron chi connectivity index (χ0n) is 13.7. The Morgan fingerprint density at radius 1 is 1.04 bits per heavy atom. The molecule has 0 bridgehead atoms. The molecule has 0 radical (unpaired) electrons. The summed E-state index contributed by atoms with van der Waals surface area (Å²) in [6.07, 6.45) is -0.985. The Morgan fingerprint density at radius 2 is 1.56 bits per heavy atom. The van der Waals surface area contributed by atoms with E-state index < -0.39 is 24.1 Å². The number of hydrogen-bond donors (Lipinski definition) is 4. The van der Waals surface area contributed by atoms with Crippen molar-refractivity contribution in [3.8, 4) is 11.5 Å². The summed E-state index contributed by atoms with van der Waals surface area (Å²) >= 11 is 0. The van der Waals surface area contributed by atoms with Gasteiger partial charge in [0.05, 0.1) is 6.04 Å². The van der Waals surface area contributed by atoms with E-state index in [1.54, 1.807) is 36.4 Å². The van der Waals surface area contributed by atoms with E-state index in [1.165, 1.54) is 19.1 Å². The van der Waals surface area contributed by atoms with Crippen molar-refractivity contribution in [3.05, 3.63) is 59.7 Å². The van der Waals surface area contributed by atoms with E-state index in [-0.39, 0.29) is 11.5 Å². The van der Waals surface area contributed by atoms with Crippen molar-refractivity contribution in [3.63, 3.8) is 0 Å². The van der Waals surface area contributed by atoms with E-state index in [0.29, 0.717) is 6.42 Å². The zero-order valence-corrected chi connectivity index (χ0v) is 13.7. The van der Waals surface area contributed by atoms with Crippen LogP contribution >= 0.6 is 0 Å². The molecule has 2 atom stereocenters. The predicted octanol–water partition coefficient (Wildman–Crippen LogP) is 1.35. The van der Waals surface area contributed by atoms with Crippen molar-refractivity contribution in [1.29, 1.82) is 0 Å². The fourth-order valence-corrected chi connectivity index (χ4v) is 2.31. The molecule has 5 N–H and O–H groups in total. The molecule has 1 amide bonds. The van der Waals surface area contributed by atoms with Crippen LogP contribution in [0.1, 0.15) is 24.1 Å². The molecule has 2 aromatic rings. The van der Waals surface area contributed by atoms with Crippen molar-refractivity contribution in [1.82, 2.24) is 5.32 Å². The Morgan fingerprint density at radius 3 is 2.08 bits per heavy atom. The molecule has 7 heteroatoms. The average molecular weight is 344 g/mol. The molecule has 0 aromatic heterocycles. The fraction of sp³-hybridized carbons (Fsp3) is 0.222. The highest BCUT2D eigenvalue weighted by molar-refractivity contribution is 5.83. The van der Waals surface area contributed by atoms with Crippen LogP contribution in [0.5, 0.6) is 11.5 Å². The van der Waals surface area contributed by atoms with Crippen LogP contribution in [-0.2, 0) is 20.7 Å². The molecular formula is C18H20N2O5. The Balaban J connectivity index is 2.19. The molecule has 0 saturated carbocycles. The van der Waals surface area contributed by atoms with Crippen LogP contribution in [0, 0.1) is 0 Å². The first-order valence-electron chi connectivity index (χ1n) is 7.65. The van der Waals surface area contributed by atoms with Crippen molar-refractivity contribution in [2.24, 2.45) is 5.73 Å². The van der Waals surface area contributed by atoms with Gasteiger partial charge in [-0.15, -0.1) is 0 Å². The lowest BCUT2D eigenvalue weighted by Crippen LogP contribution is -2.45. The lowest BCUT2D eigenvalue weighted by molar-refractivity contribution is -0.153. The van der Waals surface area contributed by atoms with Gasteiger partial charge in [-0.2, -0.15) is 0 Å². The molecule has 2 rings (SSSR count). The second kappa shape index (κ2) is 8.16. The molecular weight excluding hydrogens is 324 g/mol. The molecule has 25 heavy (non-hydrogen) atoms. The molecule has 0 aliphatic heterocycles. The van der Waals surface area contributed by atoms with Crippen LogP contribution in [0.4, 0.5) is 0 Å². The molecule has 2 unspecified atom stereocenters. The van der Waals surface area contributed by atoms with Gasteiger partial charge in [-0.25, -0.2) is 0 Å². The molecule has 0 aliphatic rings. The fourth-order valence-electron chi connectivity index (χ4n) is 2.31. The molecule has 0 saturated heterocycles. The van der Waals surface area contributed by atoms with Crippen LogP contribution in [-0.4, -0.2) is 28.3 Å². The minimum atomic E-state index is -1.41. The summed E-state index contributed by atoms with van der Waals surface area (Å²) in [5.74, 6) is -1.03. The topological polar surface area (TPSA) is 122 Å². The monoisotopic (exact) mass is 344 g/mol. The largest absolute Gasteiger partial charge is 0.508 e. The third kappa shape index (κ3) is 5.50. The molecule has 0 spiro atoms. The number of nitrogens with one attached hydrogen (secondary N) is 1. The van der Waals surface area contributed by atoms with Crippen LogP contribution in [0.25, 0.3) is 0 Å². The molecule has 2 aromatic carbocycles. The molecule has 132 valence electrons. The van der Waals surface area contributed by atoms with Crippen LogP contribution in [0.15, 0.2) is 48.5 Å². The molecule has 0 aliphatic carbocycles. The van der Waals surface area contributed by atoms with Gasteiger partial charge in [-0.3, -0.25) is 15.3 Å². The molecule has 0 fully saturated rings. The summed E-state index contributed by atoms with van der Waals surface area (Å²) in [7, 11) is 0. The Labute approximate surface area is 145 Å². The lowest BCUT2D eigenvalue weighted by atomic mass is 9.98. The summed E-state index contributed by atoms with van der Waals surface area (Å²) in [4.78, 5) is 23.1. The van der Waals surface area contributed by atoms with Gasteiger partial charge in [0, 0.05) is 6.92 Å². The number of rotatable bonds is 6. The summed E-state index contributed by atoms with van der Waals surface area (Å²) in [5, 5.41) is 21.5. The third-order valence-electron chi connectivity index (χ3n) is 3.54. The maximum atomic E-state index is 12.2. The van der Waals surface area contributed by atoms with Gasteiger partial charge in [0.2, 0.25) is 6.23 Å². The lowest BCUT2D eigenvalue weighted by Gasteiger charge is -2.21. The summed E-state index contributed by atoms with van der Waals surface area (Å²) < 4.78 is 4.69. The quantitative estimate of drug-likeness (QED) is 0.463. The first-order valence-corrected chi connectivity index (χ1v) is 7.65. The van der Waals surface area contributed by atoms with E-state index in [9.17, 15) is 19.8 Å². The SMILES string of the molecule is CC(=O)OC(N)C(=O)NC(Cc1ccc(O)cc1)c1ccc(O)cc1. The predicted molar refractivity (Wildman–Crippen MR) is 90.5 cm³/mol. The van der Waals surface area contributed by atoms with Crippen LogP contribution in [0.3, 0.4) is 0 Å². The van der Waals surface area contributed by atoms with Gasteiger partial charge in [0.15, 0.2) is 0 Å². The van der Waals surface area contributed by atoms with Gasteiger partial charge in [0.25, 0.3) is 5.91 Å². The number of esters is 1. The maximum Gasteiger partial charge on any atom is 0.304 e. The van der Waals surface area contributed by atoms with Gasteiger partial charge in [-0.1, -0.05) is 24.3 Å². The summed E-state index contributed by atoms with van der Waals surface area (Å²) in [6, 6.07) is 12.5. The third-order valence-corrected chi connectivity index (χ3v) is 3.54. The van der Waals surface area contributed by atoms with Crippen LogP contribution in [0.2, 0.25) is 0 Å². The number of hydrogen-bond acceptors (Lipinski definition) is 6. The summed E-state index contributed by atoms with van der Waals surface area (Å²) in [6.45, 7) is 1.17. The van der Waals surface area contributed by atoms with Gasteiger partial charge in [0.1, 0.15) is 11.5 Å². The minimum absolute atomic E-state index is 0.107. The highest BCUT2D eigenvalue weighted by Gasteiger charge is 2.22. The standard InChI is InChI=1S/C18H20N2O5/c1-11(21)25-17(19)18(24)20-16(13-4-8-15(23)9-5-13)10-12-2-6-14(22)7-3-12/h2-9,16-17,22-23H,10,19H2,1H3,(H,20,24). The number of phenols is 2. The smallest absolute Gasteiger partial charge is 0.304 e. The summed E-state index contributed by atoms with van der Waals surface area (Å²) in [5.41, 5.74) is 7.17. The Kier molecular flexibility index (Phi) is 5.97. The van der Waals surface area contributed by atoms with E-state index in [1.807, 2.05) is 0 Å². The zero-order chi connectivity index (χ0) is 18.4. The number of phenolic OH excluding ortho intramolecular Hbond substituents is 2. The minimum Gasteiger partial charge on any atom is -0.508 e. The van der Waals surface area contributed by atoms with Crippen molar-refractivity contribution >= 4 is 11.9 Å². The van der Waals surface area contributed by atoms with E-state index >= 15 is 0 Å². The molecule has 7 nitrogen and oxygen atoms in total. The normalized spacial score (nSPS) is 12.9. The number of carbonyl (C=O) groups excluding carboxylic acids is 2. The first-order chi connectivity index (χ1) is 11.8. The van der Waals surface area contributed by atoms with Crippen molar-refractivity contribution in [2.75, 3.05) is 0 Å². The number of nitrogens with two attached hydrogens (primary N) is 1. The molecule has 0 heterocycles. The second-order valence-electron chi connectivity index (χ2n) is 5.55. The first kappa shape index (κ1) is 18.3. The van der Waals surface area contributed by atoms with E-state index in [2.05, 4.69) is 10.1 Å². The number of benzene rings is 2. The highest BCUT2D eigenvalue weighted by Crippen LogP contribution is 2.22. The van der Waals surface area contributed by atoms with Gasteiger partial charge >= 0.3 is 5.97 Å². The van der Waals surface area contributed by atoms with Crippen molar-refractivity contribution in [2.45, 2.75) is 25.6 Å². The van der Waals surface area contributed by atoms with Crippen LogP contribution < -0.4 is 11.1 Å². The Hall–Kier alpha value is -3.06. The average Bonchev–Trinajstić information content (AvgIpc) is 2.56. The van der Waals surface area contributed by atoms with Gasteiger partial charge in [-0.05, 0) is 41.8 Å². The number of amides is 1. The second-order valence-corrected chi connectivity index (χ2v) is 5.55. The van der Waals surface area contributed by atoms with E-state index in [4.69, 9.17) is 5.73 Å². The highest BCUT2D eigenvalue weighted by atomic mass is 16.6. The van der Waals surface area contributed by atoms with Gasteiger partial charge < -0.3 is 20.3 Å². The number of aromatic hydroxyl groups is 2. The van der Waals surface area contributed by atoms with Crippen molar-refractivity contribution < 1.29 is 24.5 Å². The van der Waals surface area contributed by atoms with E-state index in [0.717, 1.165) is 11.1 Å².